The third-order valence-electron chi connectivity index (χ3n) is 4.46. The highest BCUT2D eigenvalue weighted by Crippen LogP contribution is 2.37. The van der Waals surface area contributed by atoms with Gasteiger partial charge in [0.15, 0.2) is 0 Å². The average molecular weight is 446 g/mol. The number of nitrogens with one attached hydrogen (secondary N) is 1. The van der Waals surface area contributed by atoms with Gasteiger partial charge in [-0.15, -0.1) is 0 Å². The Kier molecular flexibility index (Phi) is 7.63. The van der Waals surface area contributed by atoms with Crippen LogP contribution in [0.2, 0.25) is 0 Å². The minimum Gasteiger partial charge on any atom is -0.311 e. The van der Waals surface area contributed by atoms with Crippen molar-refractivity contribution < 1.29 is 13.2 Å². The smallest absolute Gasteiger partial charge is 0.242 e. The highest BCUT2D eigenvalue weighted by atomic mass is 79.9. The molecule has 0 saturated carbocycles. The van der Waals surface area contributed by atoms with Crippen molar-refractivity contribution >= 4 is 37.5 Å². The summed E-state index contributed by atoms with van der Waals surface area (Å²) in [6.07, 6.45) is 2.75. The van der Waals surface area contributed by atoms with Crippen LogP contribution in [0.4, 0.5) is 5.69 Å². The molecule has 1 aliphatic heterocycles. The lowest BCUT2D eigenvalue weighted by atomic mass is 10.2. The molecule has 0 saturated heterocycles. The van der Waals surface area contributed by atoms with Gasteiger partial charge in [0.05, 0.1) is 5.69 Å². The van der Waals surface area contributed by atoms with Crippen LogP contribution >= 0.6 is 15.9 Å². The molecule has 0 atom stereocenters. The van der Waals surface area contributed by atoms with Gasteiger partial charge in [-0.3, -0.25) is 4.79 Å². The number of fused-ring (bicyclic) bond motifs is 1. The van der Waals surface area contributed by atoms with Crippen LogP contribution in [0.5, 0.6) is 0 Å². The lowest BCUT2D eigenvalue weighted by molar-refractivity contribution is -0.116. The van der Waals surface area contributed by atoms with Crippen LogP contribution in [-0.4, -0.2) is 51.9 Å². The van der Waals surface area contributed by atoms with E-state index in [1.54, 1.807) is 11.0 Å². The van der Waals surface area contributed by atoms with E-state index in [2.05, 4.69) is 39.4 Å². The molecule has 2 rings (SSSR count). The lowest BCUT2D eigenvalue weighted by Gasteiger charge is -2.22. The van der Waals surface area contributed by atoms with Crippen molar-refractivity contribution in [2.75, 3.05) is 37.6 Å². The number of hydrogen-bond donors (Lipinski definition) is 1. The number of hydrogen-bond acceptors (Lipinski definition) is 4. The summed E-state index contributed by atoms with van der Waals surface area (Å²) in [6, 6.07) is 3.47. The van der Waals surface area contributed by atoms with Gasteiger partial charge in [0.25, 0.3) is 0 Å². The fourth-order valence-electron chi connectivity index (χ4n) is 3.37. The highest BCUT2D eigenvalue weighted by molar-refractivity contribution is 9.10. The molecule has 1 N–H and O–H groups in total. The van der Waals surface area contributed by atoms with Gasteiger partial charge in [-0.05, 0) is 50.0 Å². The second-order valence-electron chi connectivity index (χ2n) is 6.57. The quantitative estimate of drug-likeness (QED) is 0.634. The normalized spacial score (nSPS) is 14.1. The predicted molar refractivity (Wildman–Crippen MR) is 108 cm³/mol. The van der Waals surface area contributed by atoms with Crippen LogP contribution in [0.25, 0.3) is 0 Å². The molecule has 0 spiro atoms. The van der Waals surface area contributed by atoms with E-state index in [4.69, 9.17) is 0 Å². The zero-order valence-electron chi connectivity index (χ0n) is 15.7. The molecule has 0 bridgehead atoms. The summed E-state index contributed by atoms with van der Waals surface area (Å²) in [4.78, 5) is 15.9. The van der Waals surface area contributed by atoms with E-state index < -0.39 is 10.0 Å². The van der Waals surface area contributed by atoms with Crippen LogP contribution < -0.4 is 9.62 Å². The third-order valence-corrected chi connectivity index (χ3v) is 6.39. The van der Waals surface area contributed by atoms with E-state index >= 15 is 0 Å². The number of nitrogens with zero attached hydrogens (tertiary/aromatic N) is 2. The number of benzene rings is 1. The maximum absolute atomic E-state index is 12.9. The fraction of sp³-hybridized carbons (Fsp3) is 0.611. The summed E-state index contributed by atoms with van der Waals surface area (Å²) in [7, 11) is -3.70. The first-order chi connectivity index (χ1) is 12.3. The van der Waals surface area contributed by atoms with E-state index in [1.165, 1.54) is 6.92 Å². The molecule has 1 aromatic carbocycles. The van der Waals surface area contributed by atoms with Crippen LogP contribution in [0.1, 0.15) is 39.2 Å². The number of amides is 1. The molecule has 1 aliphatic rings. The molecule has 0 radical (unpaired) electrons. The molecule has 6 nitrogen and oxygen atoms in total. The zero-order chi connectivity index (χ0) is 19.3. The van der Waals surface area contributed by atoms with Crippen molar-refractivity contribution in [1.29, 1.82) is 0 Å². The second-order valence-corrected chi connectivity index (χ2v) is 9.22. The average Bonchev–Trinajstić information content (AvgIpc) is 2.98. The van der Waals surface area contributed by atoms with Crippen LogP contribution in [0.15, 0.2) is 21.5 Å². The Bertz CT molecular complexity index is 746. The molecule has 26 heavy (non-hydrogen) atoms. The standard InChI is InChI=1S/C18H28BrN3O3S/c1-4-8-21(9-5-2)11-7-20-26(24,25)17-13-16(19)12-15-6-10-22(14(3)23)18(15)17/h12-13,20H,4-11H2,1-3H3. The second kappa shape index (κ2) is 9.30. The number of sulfonamides is 1. The predicted octanol–water partition coefficient (Wildman–Crippen LogP) is 2.76. The first-order valence-corrected chi connectivity index (χ1v) is 11.4. The maximum atomic E-state index is 12.9. The number of anilines is 1. The Labute approximate surface area is 165 Å². The number of carbonyl (C=O) groups is 1. The Morgan fingerprint density at radius 2 is 1.88 bits per heavy atom. The van der Waals surface area contributed by atoms with Gasteiger partial charge < -0.3 is 9.80 Å². The van der Waals surface area contributed by atoms with Crippen molar-refractivity contribution in [3.05, 3.63) is 22.2 Å². The van der Waals surface area contributed by atoms with Gasteiger partial charge in [-0.1, -0.05) is 29.8 Å². The first kappa shape index (κ1) is 21.3. The lowest BCUT2D eigenvalue weighted by Crippen LogP contribution is -2.36. The third kappa shape index (κ3) is 5.06. The Morgan fingerprint density at radius 1 is 1.23 bits per heavy atom. The van der Waals surface area contributed by atoms with Gasteiger partial charge in [0, 0.05) is 31.0 Å². The minimum absolute atomic E-state index is 0.139. The van der Waals surface area contributed by atoms with Crippen molar-refractivity contribution in [3.8, 4) is 0 Å². The van der Waals surface area contributed by atoms with Crippen LogP contribution in [0, 0.1) is 0 Å². The van der Waals surface area contributed by atoms with E-state index in [0.717, 1.165) is 31.5 Å². The van der Waals surface area contributed by atoms with Crippen molar-refractivity contribution in [2.45, 2.75) is 44.9 Å². The summed E-state index contributed by atoms with van der Waals surface area (Å²) in [5, 5.41) is 0. The van der Waals surface area contributed by atoms with E-state index in [9.17, 15) is 13.2 Å². The molecule has 1 amide bonds. The van der Waals surface area contributed by atoms with Crippen molar-refractivity contribution in [1.82, 2.24) is 9.62 Å². The molecule has 8 heteroatoms. The molecule has 1 heterocycles. The van der Waals surface area contributed by atoms with Gasteiger partial charge in [0.2, 0.25) is 15.9 Å². The Morgan fingerprint density at radius 3 is 2.46 bits per heavy atom. The van der Waals surface area contributed by atoms with E-state index in [1.807, 2.05) is 6.07 Å². The number of halogens is 1. The number of rotatable bonds is 9. The topological polar surface area (TPSA) is 69.7 Å². The molecule has 1 aromatic rings. The largest absolute Gasteiger partial charge is 0.311 e. The summed E-state index contributed by atoms with van der Waals surface area (Å²) in [5.41, 5.74) is 1.40. The molecule has 0 fully saturated rings. The Hall–Kier alpha value is -0.960. The number of carbonyl (C=O) groups excluding carboxylic acids is 1. The molecule has 0 aliphatic carbocycles. The van der Waals surface area contributed by atoms with Crippen molar-refractivity contribution in [2.24, 2.45) is 0 Å². The van der Waals surface area contributed by atoms with Crippen molar-refractivity contribution in [3.63, 3.8) is 0 Å². The summed E-state index contributed by atoms with van der Waals surface area (Å²) in [6.45, 7) is 9.16. The van der Waals surface area contributed by atoms with Gasteiger partial charge in [-0.2, -0.15) is 0 Å². The SMILES string of the molecule is CCCN(CCC)CCNS(=O)(=O)c1cc(Br)cc2c1N(C(C)=O)CC2. The zero-order valence-corrected chi connectivity index (χ0v) is 18.1. The molecule has 146 valence electrons. The summed E-state index contributed by atoms with van der Waals surface area (Å²) >= 11 is 3.39. The maximum Gasteiger partial charge on any atom is 0.242 e. The van der Waals surface area contributed by atoms with Crippen LogP contribution in [-0.2, 0) is 21.2 Å². The summed E-state index contributed by atoms with van der Waals surface area (Å²) in [5.74, 6) is -0.139. The van der Waals surface area contributed by atoms with Gasteiger partial charge in [0.1, 0.15) is 4.90 Å². The highest BCUT2D eigenvalue weighted by Gasteiger charge is 2.31. The monoisotopic (exact) mass is 445 g/mol. The fourth-order valence-corrected chi connectivity index (χ4v) is 5.32. The van der Waals surface area contributed by atoms with Gasteiger partial charge >= 0.3 is 0 Å². The molecule has 0 unspecified atom stereocenters. The molecular formula is C18H28BrN3O3S. The van der Waals surface area contributed by atoms with E-state index in [0.29, 0.717) is 36.2 Å². The molecular weight excluding hydrogens is 418 g/mol. The van der Waals surface area contributed by atoms with Crippen LogP contribution in [0.3, 0.4) is 0 Å². The Balaban J connectivity index is 2.20. The van der Waals surface area contributed by atoms with E-state index in [-0.39, 0.29) is 10.8 Å². The minimum atomic E-state index is -3.70. The summed E-state index contributed by atoms with van der Waals surface area (Å²) < 4.78 is 29.3. The first-order valence-electron chi connectivity index (χ1n) is 9.12. The molecule has 0 aromatic heterocycles. The van der Waals surface area contributed by atoms with Gasteiger partial charge in [-0.25, -0.2) is 13.1 Å².